The van der Waals surface area contributed by atoms with Gasteiger partial charge in [0.2, 0.25) is 11.8 Å². The second-order valence-electron chi connectivity index (χ2n) is 8.15. The predicted octanol–water partition coefficient (Wildman–Crippen LogP) is 2.42. The molecule has 3 aliphatic rings. The maximum Gasteiger partial charge on any atom is 0.245 e. The molecule has 146 valence electrons. The van der Waals surface area contributed by atoms with E-state index in [1.807, 2.05) is 24.3 Å². The lowest BCUT2D eigenvalue weighted by Crippen LogP contribution is -2.62. The maximum atomic E-state index is 13.1. The van der Waals surface area contributed by atoms with Crippen LogP contribution in [0.15, 0.2) is 42.5 Å². The van der Waals surface area contributed by atoms with Crippen LogP contribution in [-0.2, 0) is 22.4 Å². The van der Waals surface area contributed by atoms with Crippen LogP contribution < -0.4 is 4.74 Å². The zero-order valence-corrected chi connectivity index (χ0v) is 16.1. The van der Waals surface area contributed by atoms with Gasteiger partial charge in [-0.2, -0.15) is 0 Å². The third-order valence-corrected chi connectivity index (χ3v) is 6.48. The van der Waals surface area contributed by atoms with Crippen molar-refractivity contribution in [2.45, 2.75) is 24.9 Å². The van der Waals surface area contributed by atoms with Crippen LogP contribution in [0.5, 0.6) is 5.75 Å². The number of benzene rings is 2. The number of fused-ring (bicyclic) bond motifs is 5. The van der Waals surface area contributed by atoms with Gasteiger partial charge < -0.3 is 19.5 Å². The molecule has 3 aromatic rings. The molecule has 0 unspecified atom stereocenters. The summed E-state index contributed by atoms with van der Waals surface area (Å²) in [5.41, 5.74) is 5.39. The number of aromatic amines is 1. The highest BCUT2D eigenvalue weighted by Gasteiger charge is 2.47. The standard InChI is InChI=1S/C23H21N3O3/c1-25-12-20(27)26-18(23(25)28)11-16-15-4-2-3-5-17(15)24-21(16)22(26)14-6-7-19-13(10-14)8-9-29-19/h2-7,10,18,22,24H,8-9,11-12H2,1H3/t18-,22+/m1/s1. The van der Waals surface area contributed by atoms with E-state index in [-0.39, 0.29) is 24.4 Å². The maximum absolute atomic E-state index is 13.1. The molecule has 2 aromatic carbocycles. The molecule has 6 heteroatoms. The molecular formula is C23H21N3O3. The number of likely N-dealkylation sites (N-methyl/N-ethyl adjacent to an activating group) is 1. The van der Waals surface area contributed by atoms with Gasteiger partial charge in [0.25, 0.3) is 0 Å². The van der Waals surface area contributed by atoms with Crippen LogP contribution in [-0.4, -0.2) is 52.8 Å². The largest absolute Gasteiger partial charge is 0.493 e. The Kier molecular flexibility index (Phi) is 3.37. The van der Waals surface area contributed by atoms with Crippen LogP contribution in [0.2, 0.25) is 0 Å². The minimum Gasteiger partial charge on any atom is -0.493 e. The van der Waals surface area contributed by atoms with E-state index in [0.717, 1.165) is 45.5 Å². The number of nitrogens with one attached hydrogen (secondary N) is 1. The van der Waals surface area contributed by atoms with Crippen LogP contribution in [0.25, 0.3) is 10.9 Å². The van der Waals surface area contributed by atoms with Gasteiger partial charge in [-0.1, -0.05) is 24.3 Å². The van der Waals surface area contributed by atoms with Gasteiger partial charge in [-0.15, -0.1) is 0 Å². The number of H-pyrrole nitrogens is 1. The number of hydrogen-bond acceptors (Lipinski definition) is 3. The fourth-order valence-electron chi connectivity index (χ4n) is 5.13. The lowest BCUT2D eigenvalue weighted by molar-refractivity contribution is -0.157. The first-order chi connectivity index (χ1) is 14.1. The Morgan fingerprint density at radius 1 is 1.14 bits per heavy atom. The number of para-hydroxylation sites is 1. The molecule has 0 spiro atoms. The summed E-state index contributed by atoms with van der Waals surface area (Å²) in [6, 6.07) is 13.6. The quantitative estimate of drug-likeness (QED) is 0.697. The molecule has 1 fully saturated rings. The third-order valence-electron chi connectivity index (χ3n) is 6.48. The zero-order chi connectivity index (χ0) is 19.7. The summed E-state index contributed by atoms with van der Waals surface area (Å²) in [5, 5.41) is 1.13. The first-order valence-electron chi connectivity index (χ1n) is 10.0. The molecule has 1 aromatic heterocycles. The number of amides is 2. The molecule has 1 N–H and O–H groups in total. The Labute approximate surface area is 168 Å². The molecule has 3 aliphatic heterocycles. The number of ether oxygens (including phenoxy) is 1. The van der Waals surface area contributed by atoms with E-state index in [1.165, 1.54) is 0 Å². The highest BCUT2D eigenvalue weighted by molar-refractivity contribution is 5.97. The van der Waals surface area contributed by atoms with Crippen molar-refractivity contribution in [3.63, 3.8) is 0 Å². The van der Waals surface area contributed by atoms with Crippen molar-refractivity contribution in [1.82, 2.24) is 14.8 Å². The molecule has 2 amide bonds. The number of carbonyl (C=O) groups is 2. The second-order valence-corrected chi connectivity index (χ2v) is 8.15. The highest BCUT2D eigenvalue weighted by Crippen LogP contribution is 2.43. The number of aromatic nitrogens is 1. The molecule has 0 saturated carbocycles. The number of hydrogen-bond donors (Lipinski definition) is 1. The molecule has 0 aliphatic carbocycles. The van der Waals surface area contributed by atoms with Gasteiger partial charge >= 0.3 is 0 Å². The lowest BCUT2D eigenvalue weighted by atomic mass is 9.86. The summed E-state index contributed by atoms with van der Waals surface area (Å²) >= 11 is 0. The fourth-order valence-corrected chi connectivity index (χ4v) is 5.13. The van der Waals surface area contributed by atoms with Crippen molar-refractivity contribution < 1.29 is 14.3 Å². The molecule has 6 rings (SSSR count). The first kappa shape index (κ1) is 16.7. The van der Waals surface area contributed by atoms with E-state index in [1.54, 1.807) is 16.8 Å². The number of carbonyl (C=O) groups excluding carboxylic acids is 2. The smallest absolute Gasteiger partial charge is 0.245 e. The van der Waals surface area contributed by atoms with Crippen LogP contribution in [0.3, 0.4) is 0 Å². The number of rotatable bonds is 1. The van der Waals surface area contributed by atoms with Gasteiger partial charge in [-0.3, -0.25) is 9.59 Å². The predicted molar refractivity (Wildman–Crippen MR) is 108 cm³/mol. The summed E-state index contributed by atoms with van der Waals surface area (Å²) in [6.07, 6.45) is 1.41. The second kappa shape index (κ2) is 5.86. The Hall–Kier alpha value is -3.28. The van der Waals surface area contributed by atoms with Gasteiger partial charge in [-0.05, 0) is 34.9 Å². The summed E-state index contributed by atoms with van der Waals surface area (Å²) in [5.74, 6) is 0.914. The monoisotopic (exact) mass is 387 g/mol. The zero-order valence-electron chi connectivity index (χ0n) is 16.1. The Morgan fingerprint density at radius 3 is 2.90 bits per heavy atom. The number of piperazine rings is 1. The van der Waals surface area contributed by atoms with Crippen molar-refractivity contribution in [3.05, 3.63) is 64.8 Å². The number of nitrogens with zero attached hydrogens (tertiary/aromatic N) is 2. The summed E-state index contributed by atoms with van der Waals surface area (Å²) in [7, 11) is 1.71. The third kappa shape index (κ3) is 2.29. The van der Waals surface area contributed by atoms with Gasteiger partial charge in [-0.25, -0.2) is 0 Å². The van der Waals surface area contributed by atoms with E-state index < -0.39 is 6.04 Å². The molecule has 2 atom stereocenters. The van der Waals surface area contributed by atoms with Gasteiger partial charge in [0.05, 0.1) is 19.2 Å². The van der Waals surface area contributed by atoms with Gasteiger partial charge in [0, 0.05) is 36.5 Å². The molecule has 4 heterocycles. The normalized spacial score (nSPS) is 23.1. The Bertz CT molecular complexity index is 1180. The van der Waals surface area contributed by atoms with E-state index >= 15 is 0 Å². The average molecular weight is 387 g/mol. The minimum absolute atomic E-state index is 0.00928. The average Bonchev–Trinajstić information content (AvgIpc) is 3.34. The van der Waals surface area contributed by atoms with E-state index in [4.69, 9.17) is 4.74 Å². The summed E-state index contributed by atoms with van der Waals surface area (Å²) < 4.78 is 5.67. The van der Waals surface area contributed by atoms with Crippen LogP contribution >= 0.6 is 0 Å². The summed E-state index contributed by atoms with van der Waals surface area (Å²) in [4.78, 5) is 33.1. The fraction of sp³-hybridized carbons (Fsp3) is 0.304. The van der Waals surface area contributed by atoms with Crippen LogP contribution in [0.1, 0.15) is 28.4 Å². The molecule has 0 radical (unpaired) electrons. The van der Waals surface area contributed by atoms with Crippen molar-refractivity contribution in [3.8, 4) is 5.75 Å². The molecule has 0 bridgehead atoms. The topological polar surface area (TPSA) is 65.6 Å². The highest BCUT2D eigenvalue weighted by atomic mass is 16.5. The van der Waals surface area contributed by atoms with Crippen molar-refractivity contribution in [2.24, 2.45) is 0 Å². The Balaban J connectivity index is 1.59. The molecule has 6 nitrogen and oxygen atoms in total. The molecule has 29 heavy (non-hydrogen) atoms. The van der Waals surface area contributed by atoms with Crippen molar-refractivity contribution >= 4 is 22.7 Å². The first-order valence-corrected chi connectivity index (χ1v) is 10.0. The lowest BCUT2D eigenvalue weighted by Gasteiger charge is -2.46. The minimum atomic E-state index is -0.470. The van der Waals surface area contributed by atoms with E-state index in [0.29, 0.717) is 13.0 Å². The van der Waals surface area contributed by atoms with Gasteiger partial charge in [0.15, 0.2) is 0 Å². The SMILES string of the molecule is CN1CC(=O)N2[C@@H](c3ccc4c(c3)CCO4)c3[nH]c4ccccc4c3C[C@@H]2C1=O. The van der Waals surface area contributed by atoms with Crippen molar-refractivity contribution in [1.29, 1.82) is 0 Å². The van der Waals surface area contributed by atoms with Crippen LogP contribution in [0.4, 0.5) is 0 Å². The van der Waals surface area contributed by atoms with Crippen LogP contribution in [0, 0.1) is 0 Å². The van der Waals surface area contributed by atoms with Gasteiger partial charge in [0.1, 0.15) is 11.8 Å². The van der Waals surface area contributed by atoms with E-state index in [9.17, 15) is 9.59 Å². The molecular weight excluding hydrogens is 366 g/mol. The Morgan fingerprint density at radius 2 is 2.00 bits per heavy atom. The molecule has 1 saturated heterocycles. The van der Waals surface area contributed by atoms with E-state index in [2.05, 4.69) is 23.2 Å². The van der Waals surface area contributed by atoms with Crippen molar-refractivity contribution in [2.75, 3.05) is 20.2 Å². The summed E-state index contributed by atoms with van der Waals surface area (Å²) in [6.45, 7) is 0.811.